The molecular formula is C20H24O10. The van der Waals surface area contributed by atoms with Gasteiger partial charge in [-0.05, 0) is 18.6 Å². The largest absolute Gasteiger partial charge is 0.462 e. The van der Waals surface area contributed by atoms with Crippen molar-refractivity contribution in [2.45, 2.75) is 55.8 Å². The molecule has 0 aromatic heterocycles. The van der Waals surface area contributed by atoms with Crippen LogP contribution in [-0.2, 0) is 25.7 Å². The SMILES string of the molecule is O=C1CCC=C[C@@]1(O)C(=O)OCc1ccccc1O[C@@H]1O[C@H](CO)[C@@H](O)[C@H](O)[C@H]1O. The van der Waals surface area contributed by atoms with Crippen molar-refractivity contribution in [3.63, 3.8) is 0 Å². The number of rotatable bonds is 6. The molecule has 5 N–H and O–H groups in total. The highest BCUT2D eigenvalue weighted by molar-refractivity contribution is 6.09. The van der Waals surface area contributed by atoms with Crippen LogP contribution in [0.1, 0.15) is 18.4 Å². The lowest BCUT2D eigenvalue weighted by Crippen LogP contribution is -2.60. The van der Waals surface area contributed by atoms with Gasteiger partial charge < -0.3 is 39.7 Å². The summed E-state index contributed by atoms with van der Waals surface area (Å²) < 4.78 is 16.0. The normalized spacial score (nSPS) is 33.9. The van der Waals surface area contributed by atoms with E-state index < -0.39 is 54.7 Å². The van der Waals surface area contributed by atoms with Crippen LogP contribution in [0, 0.1) is 0 Å². The van der Waals surface area contributed by atoms with E-state index in [-0.39, 0.29) is 18.8 Å². The molecule has 2 aliphatic rings. The molecule has 6 atom stereocenters. The summed E-state index contributed by atoms with van der Waals surface area (Å²) in [6.45, 7) is -0.958. The Labute approximate surface area is 171 Å². The van der Waals surface area contributed by atoms with E-state index in [2.05, 4.69) is 0 Å². The topological polar surface area (TPSA) is 163 Å². The van der Waals surface area contributed by atoms with Crippen LogP contribution < -0.4 is 4.74 Å². The van der Waals surface area contributed by atoms with Gasteiger partial charge in [0.15, 0.2) is 5.78 Å². The van der Waals surface area contributed by atoms with Crippen LogP contribution in [0.4, 0.5) is 0 Å². The highest BCUT2D eigenvalue weighted by atomic mass is 16.7. The molecule has 10 nitrogen and oxygen atoms in total. The van der Waals surface area contributed by atoms with Gasteiger partial charge in [-0.1, -0.05) is 24.3 Å². The molecule has 0 spiro atoms. The number of esters is 1. The summed E-state index contributed by atoms with van der Waals surface area (Å²) in [7, 11) is 0. The van der Waals surface area contributed by atoms with Crippen LogP contribution in [0.15, 0.2) is 36.4 Å². The first-order valence-corrected chi connectivity index (χ1v) is 9.43. The molecule has 1 fully saturated rings. The van der Waals surface area contributed by atoms with E-state index in [4.69, 9.17) is 14.2 Å². The van der Waals surface area contributed by atoms with Crippen LogP contribution in [0.3, 0.4) is 0 Å². The van der Waals surface area contributed by atoms with Crippen LogP contribution >= 0.6 is 0 Å². The summed E-state index contributed by atoms with van der Waals surface area (Å²) in [6.07, 6.45) is -4.20. The second-order valence-electron chi connectivity index (χ2n) is 7.13. The highest BCUT2D eigenvalue weighted by Gasteiger charge is 2.45. The average Bonchev–Trinajstić information content (AvgIpc) is 2.75. The zero-order chi connectivity index (χ0) is 21.9. The number of hydrogen-bond donors (Lipinski definition) is 5. The summed E-state index contributed by atoms with van der Waals surface area (Å²) in [5.74, 6) is -1.64. The number of allylic oxidation sites excluding steroid dienone is 1. The standard InChI is InChI=1S/C20H24O10/c21-9-13-15(23)16(24)17(25)18(30-13)29-12-6-2-1-5-11(12)10-28-19(26)20(27)8-4-3-7-14(20)22/h1-2,4-6,8,13,15-18,21,23-25,27H,3,7,9-10H2/t13-,15-,16+,17-,18-,20+/m1/s1. The number of ether oxygens (including phenoxy) is 3. The smallest absolute Gasteiger partial charge is 0.350 e. The van der Waals surface area contributed by atoms with Crippen molar-refractivity contribution >= 4 is 11.8 Å². The van der Waals surface area contributed by atoms with Gasteiger partial charge in [0.05, 0.1) is 6.61 Å². The molecule has 1 saturated heterocycles. The number of Topliss-reactive ketones (excluding diaryl/α,β-unsaturated/α-hetero) is 1. The third-order valence-corrected chi connectivity index (χ3v) is 5.06. The molecule has 1 heterocycles. The molecule has 0 saturated carbocycles. The van der Waals surface area contributed by atoms with Crippen molar-refractivity contribution in [3.05, 3.63) is 42.0 Å². The second-order valence-corrected chi connectivity index (χ2v) is 7.13. The molecule has 30 heavy (non-hydrogen) atoms. The number of aliphatic hydroxyl groups excluding tert-OH is 4. The van der Waals surface area contributed by atoms with Crippen molar-refractivity contribution in [1.29, 1.82) is 0 Å². The van der Waals surface area contributed by atoms with Gasteiger partial charge in [0.2, 0.25) is 11.9 Å². The molecule has 1 aliphatic heterocycles. The second kappa shape index (κ2) is 9.21. The monoisotopic (exact) mass is 424 g/mol. The van der Waals surface area contributed by atoms with Gasteiger partial charge in [0.1, 0.15) is 36.8 Å². The maximum Gasteiger partial charge on any atom is 0.350 e. The van der Waals surface area contributed by atoms with Crippen molar-refractivity contribution in [3.8, 4) is 5.75 Å². The minimum atomic E-state index is -2.33. The number of carbonyl (C=O) groups excluding carboxylic acids is 2. The molecular weight excluding hydrogens is 400 g/mol. The zero-order valence-electron chi connectivity index (χ0n) is 16.0. The van der Waals surface area contributed by atoms with Gasteiger partial charge in [-0.25, -0.2) is 4.79 Å². The van der Waals surface area contributed by atoms with E-state index in [1.165, 1.54) is 12.1 Å². The Bertz CT molecular complexity index is 807. The molecule has 3 rings (SSSR count). The maximum atomic E-state index is 12.3. The highest BCUT2D eigenvalue weighted by Crippen LogP contribution is 2.28. The summed E-state index contributed by atoms with van der Waals surface area (Å²) >= 11 is 0. The Morgan fingerprint density at radius 2 is 1.90 bits per heavy atom. The Morgan fingerprint density at radius 3 is 2.60 bits per heavy atom. The van der Waals surface area contributed by atoms with Gasteiger partial charge >= 0.3 is 5.97 Å². The minimum Gasteiger partial charge on any atom is -0.462 e. The van der Waals surface area contributed by atoms with Crippen LogP contribution in [0.2, 0.25) is 0 Å². The zero-order valence-corrected chi connectivity index (χ0v) is 16.0. The lowest BCUT2D eigenvalue weighted by Gasteiger charge is -2.39. The summed E-state index contributed by atoms with van der Waals surface area (Å²) in [5, 5.41) is 49.4. The van der Waals surface area contributed by atoms with E-state index in [1.54, 1.807) is 18.2 Å². The summed E-state index contributed by atoms with van der Waals surface area (Å²) in [6, 6.07) is 6.27. The number of carbonyl (C=O) groups is 2. The molecule has 0 radical (unpaired) electrons. The molecule has 0 unspecified atom stereocenters. The summed E-state index contributed by atoms with van der Waals surface area (Å²) in [4.78, 5) is 24.2. The van der Waals surface area contributed by atoms with Crippen LogP contribution in [0.25, 0.3) is 0 Å². The van der Waals surface area contributed by atoms with E-state index in [0.29, 0.717) is 12.0 Å². The molecule has 0 bridgehead atoms. The first-order chi connectivity index (χ1) is 14.3. The van der Waals surface area contributed by atoms with Gasteiger partial charge in [0.25, 0.3) is 0 Å². The quantitative estimate of drug-likeness (QED) is 0.208. The molecule has 1 aliphatic carbocycles. The predicted molar refractivity (Wildman–Crippen MR) is 99.0 cm³/mol. The average molecular weight is 424 g/mol. The minimum absolute atomic E-state index is 0.0267. The molecule has 1 aromatic rings. The first-order valence-electron chi connectivity index (χ1n) is 9.43. The molecule has 1 aromatic carbocycles. The van der Waals surface area contributed by atoms with Crippen LogP contribution in [-0.4, -0.2) is 80.2 Å². The molecule has 164 valence electrons. The fraction of sp³-hybridized carbons (Fsp3) is 0.500. The first kappa shape index (κ1) is 22.3. The number of benzene rings is 1. The predicted octanol–water partition coefficient (Wildman–Crippen LogP) is -1.44. The number of hydrogen-bond acceptors (Lipinski definition) is 10. The van der Waals surface area contributed by atoms with Crippen molar-refractivity contribution in [2.24, 2.45) is 0 Å². The molecule has 0 amide bonds. The van der Waals surface area contributed by atoms with E-state index >= 15 is 0 Å². The van der Waals surface area contributed by atoms with Crippen molar-refractivity contribution in [1.82, 2.24) is 0 Å². The number of para-hydroxylation sites is 1. The Kier molecular flexibility index (Phi) is 6.86. The fourth-order valence-electron chi connectivity index (χ4n) is 3.21. The van der Waals surface area contributed by atoms with Crippen molar-refractivity contribution in [2.75, 3.05) is 6.61 Å². The third-order valence-electron chi connectivity index (χ3n) is 5.06. The lowest BCUT2D eigenvalue weighted by molar-refractivity contribution is -0.277. The maximum absolute atomic E-state index is 12.3. The van der Waals surface area contributed by atoms with E-state index in [0.717, 1.165) is 6.08 Å². The van der Waals surface area contributed by atoms with Gasteiger partial charge in [0, 0.05) is 12.0 Å². The van der Waals surface area contributed by atoms with Gasteiger partial charge in [-0.15, -0.1) is 0 Å². The van der Waals surface area contributed by atoms with Crippen LogP contribution in [0.5, 0.6) is 5.75 Å². The summed E-state index contributed by atoms with van der Waals surface area (Å²) in [5.41, 5.74) is -2.00. The van der Waals surface area contributed by atoms with Crippen molar-refractivity contribution < 1.29 is 49.3 Å². The Balaban J connectivity index is 1.70. The lowest BCUT2D eigenvalue weighted by atomic mass is 9.90. The number of aliphatic hydroxyl groups is 5. The number of ketones is 1. The molecule has 10 heteroatoms. The van der Waals surface area contributed by atoms with E-state index in [9.17, 15) is 35.1 Å². The third kappa shape index (κ3) is 4.38. The van der Waals surface area contributed by atoms with E-state index in [1.807, 2.05) is 0 Å². The van der Waals surface area contributed by atoms with Gasteiger partial charge in [-0.3, -0.25) is 4.79 Å². The van der Waals surface area contributed by atoms with Gasteiger partial charge in [-0.2, -0.15) is 0 Å². The Morgan fingerprint density at radius 1 is 1.17 bits per heavy atom. The fourth-order valence-corrected chi connectivity index (χ4v) is 3.21. The Hall–Kier alpha value is -2.34.